The van der Waals surface area contributed by atoms with Crippen molar-refractivity contribution in [1.82, 2.24) is 0 Å². The first-order valence-electron chi connectivity index (χ1n) is 6.23. The third-order valence-corrected chi connectivity index (χ3v) is 3.25. The maximum Gasteiger partial charge on any atom is 0.163 e. The first-order valence-corrected chi connectivity index (χ1v) is 6.23. The van der Waals surface area contributed by atoms with Crippen LogP contribution in [0.25, 0.3) is 16.8 Å². The van der Waals surface area contributed by atoms with Gasteiger partial charge in [0.15, 0.2) is 5.78 Å². The Kier molecular flexibility index (Phi) is 2.81. The molecule has 0 saturated carbocycles. The Morgan fingerprint density at radius 3 is 2.67 bits per heavy atom. The van der Waals surface area contributed by atoms with E-state index in [-0.39, 0.29) is 5.78 Å². The highest BCUT2D eigenvalue weighted by atomic mass is 16.1. The van der Waals surface area contributed by atoms with Crippen molar-refractivity contribution in [2.45, 2.75) is 12.8 Å². The maximum atomic E-state index is 11.7. The number of benzene rings is 2. The number of hydrogen-bond donors (Lipinski definition) is 0. The van der Waals surface area contributed by atoms with E-state index in [1.807, 2.05) is 24.3 Å². The summed E-state index contributed by atoms with van der Waals surface area (Å²) in [6.45, 7) is 0. The largest absolute Gasteiger partial charge is 0.294 e. The fourth-order valence-electron chi connectivity index (χ4n) is 2.27. The Bertz CT molecular complexity index is 662. The number of ketones is 1. The van der Waals surface area contributed by atoms with Crippen molar-refractivity contribution in [3.63, 3.8) is 0 Å². The van der Waals surface area contributed by atoms with Gasteiger partial charge in [0.05, 0.1) is 0 Å². The predicted octanol–water partition coefficient (Wildman–Crippen LogP) is 4.14. The highest BCUT2D eigenvalue weighted by molar-refractivity contribution is 6.03. The molecule has 0 fully saturated rings. The molecule has 1 nitrogen and oxygen atoms in total. The van der Waals surface area contributed by atoms with Crippen molar-refractivity contribution < 1.29 is 4.79 Å². The molecule has 1 aliphatic carbocycles. The van der Waals surface area contributed by atoms with Crippen LogP contribution in [0.15, 0.2) is 60.2 Å². The Balaban J connectivity index is 2.04. The molecule has 3 rings (SSSR count). The summed E-state index contributed by atoms with van der Waals surface area (Å²) in [5.41, 5.74) is 1.90. The Hall–Kier alpha value is -2.15. The summed E-state index contributed by atoms with van der Waals surface area (Å²) in [5, 5.41) is 2.43. The van der Waals surface area contributed by atoms with Crippen LogP contribution in [0.2, 0.25) is 0 Å². The van der Waals surface area contributed by atoms with Gasteiger partial charge in [-0.3, -0.25) is 4.79 Å². The summed E-state index contributed by atoms with van der Waals surface area (Å²) in [5.74, 6) is 0.241. The fourth-order valence-corrected chi connectivity index (χ4v) is 2.27. The summed E-state index contributed by atoms with van der Waals surface area (Å²) in [6, 6.07) is 14.5. The van der Waals surface area contributed by atoms with Crippen molar-refractivity contribution in [3.8, 4) is 0 Å². The zero-order chi connectivity index (χ0) is 12.4. The monoisotopic (exact) mass is 234 g/mol. The summed E-state index contributed by atoms with van der Waals surface area (Å²) in [6.07, 6.45) is 7.48. The van der Waals surface area contributed by atoms with Crippen molar-refractivity contribution >= 4 is 22.6 Å². The van der Waals surface area contributed by atoms with E-state index in [0.29, 0.717) is 6.42 Å². The molecule has 0 unspecified atom stereocenters. The molecule has 0 N–H and O–H groups in total. The molecule has 0 aliphatic heterocycles. The molecule has 2 aromatic carbocycles. The third-order valence-electron chi connectivity index (χ3n) is 3.25. The van der Waals surface area contributed by atoms with Crippen molar-refractivity contribution in [2.75, 3.05) is 0 Å². The lowest BCUT2D eigenvalue weighted by Crippen LogP contribution is -2.03. The molecular formula is C17H14O. The fraction of sp³-hybridized carbons (Fsp3) is 0.118. The minimum atomic E-state index is 0.241. The summed E-state index contributed by atoms with van der Waals surface area (Å²) < 4.78 is 0. The molecule has 0 bridgehead atoms. The van der Waals surface area contributed by atoms with Gasteiger partial charge in [0, 0.05) is 12.0 Å². The summed E-state index contributed by atoms with van der Waals surface area (Å²) >= 11 is 0. The highest BCUT2D eigenvalue weighted by Crippen LogP contribution is 2.20. The van der Waals surface area contributed by atoms with Crippen LogP contribution in [0.4, 0.5) is 0 Å². The molecule has 0 radical (unpaired) electrons. The molecule has 0 atom stereocenters. The minimum Gasteiger partial charge on any atom is -0.294 e. The van der Waals surface area contributed by atoms with Gasteiger partial charge < -0.3 is 0 Å². The molecule has 1 aliphatic rings. The second kappa shape index (κ2) is 4.61. The molecule has 88 valence electrons. The van der Waals surface area contributed by atoms with E-state index in [4.69, 9.17) is 0 Å². The van der Waals surface area contributed by atoms with Gasteiger partial charge in [-0.05, 0) is 34.9 Å². The van der Waals surface area contributed by atoms with Crippen LogP contribution in [0.1, 0.15) is 18.4 Å². The number of fused-ring (bicyclic) bond motifs is 1. The number of hydrogen-bond acceptors (Lipinski definition) is 1. The van der Waals surface area contributed by atoms with E-state index in [1.165, 1.54) is 10.8 Å². The van der Waals surface area contributed by atoms with Crippen molar-refractivity contribution in [3.05, 3.63) is 65.8 Å². The van der Waals surface area contributed by atoms with E-state index in [2.05, 4.69) is 36.4 Å². The Morgan fingerprint density at radius 2 is 1.83 bits per heavy atom. The van der Waals surface area contributed by atoms with Crippen LogP contribution in [0.5, 0.6) is 0 Å². The molecular weight excluding hydrogens is 220 g/mol. The predicted molar refractivity (Wildman–Crippen MR) is 75.3 cm³/mol. The van der Waals surface area contributed by atoms with Crippen molar-refractivity contribution in [1.29, 1.82) is 0 Å². The third kappa shape index (κ3) is 2.12. The molecule has 0 aromatic heterocycles. The Labute approximate surface area is 106 Å². The van der Waals surface area contributed by atoms with Gasteiger partial charge in [0.2, 0.25) is 0 Å². The lowest BCUT2D eigenvalue weighted by Gasteiger charge is -2.06. The van der Waals surface area contributed by atoms with Crippen LogP contribution in [-0.2, 0) is 4.79 Å². The van der Waals surface area contributed by atoms with Gasteiger partial charge in [-0.15, -0.1) is 0 Å². The van der Waals surface area contributed by atoms with Gasteiger partial charge in [-0.1, -0.05) is 48.6 Å². The Morgan fingerprint density at radius 1 is 1.00 bits per heavy atom. The second-order valence-corrected chi connectivity index (χ2v) is 4.57. The van der Waals surface area contributed by atoms with Gasteiger partial charge >= 0.3 is 0 Å². The van der Waals surface area contributed by atoms with E-state index >= 15 is 0 Å². The van der Waals surface area contributed by atoms with Crippen LogP contribution < -0.4 is 0 Å². The summed E-state index contributed by atoms with van der Waals surface area (Å²) in [7, 11) is 0. The SMILES string of the molecule is O=C1CCC=CC1=Cc1ccc2ccccc2c1. The number of rotatable bonds is 1. The average Bonchev–Trinajstić information content (AvgIpc) is 2.41. The number of Topliss-reactive ketones (excluding diaryl/α,β-unsaturated/α-hetero) is 1. The van der Waals surface area contributed by atoms with Crippen LogP contribution in [0, 0.1) is 0 Å². The maximum absolute atomic E-state index is 11.7. The van der Waals surface area contributed by atoms with Crippen molar-refractivity contribution in [2.24, 2.45) is 0 Å². The number of carbonyl (C=O) groups is 1. The lowest BCUT2D eigenvalue weighted by atomic mass is 9.97. The van der Waals surface area contributed by atoms with E-state index in [9.17, 15) is 4.79 Å². The lowest BCUT2D eigenvalue weighted by molar-refractivity contribution is -0.115. The molecule has 0 saturated heterocycles. The molecule has 2 aromatic rings. The number of allylic oxidation sites excluding steroid dienone is 3. The highest BCUT2D eigenvalue weighted by Gasteiger charge is 2.09. The first-order chi connectivity index (χ1) is 8.83. The van der Waals surface area contributed by atoms with Gasteiger partial charge in [-0.2, -0.15) is 0 Å². The molecule has 0 amide bonds. The second-order valence-electron chi connectivity index (χ2n) is 4.57. The van der Waals surface area contributed by atoms with E-state index in [0.717, 1.165) is 17.6 Å². The smallest absolute Gasteiger partial charge is 0.163 e. The molecule has 1 heteroatoms. The summed E-state index contributed by atoms with van der Waals surface area (Å²) in [4.78, 5) is 11.7. The van der Waals surface area contributed by atoms with E-state index < -0.39 is 0 Å². The molecule has 18 heavy (non-hydrogen) atoms. The van der Waals surface area contributed by atoms with Crippen LogP contribution in [0.3, 0.4) is 0 Å². The van der Waals surface area contributed by atoms with Gasteiger partial charge in [0.25, 0.3) is 0 Å². The zero-order valence-corrected chi connectivity index (χ0v) is 10.1. The van der Waals surface area contributed by atoms with E-state index in [1.54, 1.807) is 0 Å². The minimum absolute atomic E-state index is 0.241. The zero-order valence-electron chi connectivity index (χ0n) is 10.1. The van der Waals surface area contributed by atoms with Crippen LogP contribution >= 0.6 is 0 Å². The van der Waals surface area contributed by atoms with Crippen LogP contribution in [-0.4, -0.2) is 5.78 Å². The average molecular weight is 234 g/mol. The molecule has 0 spiro atoms. The molecule has 0 heterocycles. The van der Waals surface area contributed by atoms with Gasteiger partial charge in [0.1, 0.15) is 0 Å². The van der Waals surface area contributed by atoms with Gasteiger partial charge in [-0.25, -0.2) is 0 Å². The standard InChI is InChI=1S/C17H14O/c18-17-8-4-3-7-16(17)12-13-9-10-14-5-1-2-6-15(14)11-13/h1-3,5-7,9-12H,4,8H2. The topological polar surface area (TPSA) is 17.1 Å². The number of carbonyl (C=O) groups excluding carboxylic acids is 1. The normalized spacial score (nSPS) is 17.6. The first kappa shape index (κ1) is 11.0. The quantitative estimate of drug-likeness (QED) is 0.678.